The maximum absolute atomic E-state index is 14.8. The van der Waals surface area contributed by atoms with Crippen molar-refractivity contribution in [3.05, 3.63) is 84.2 Å². The molecule has 0 saturated carbocycles. The van der Waals surface area contributed by atoms with Crippen LogP contribution >= 0.6 is 0 Å². The first kappa shape index (κ1) is 26.9. The Balaban J connectivity index is 1.87. The van der Waals surface area contributed by atoms with E-state index in [1.807, 2.05) is 55.7 Å². The highest BCUT2D eigenvalue weighted by Gasteiger charge is 2.40. The van der Waals surface area contributed by atoms with Gasteiger partial charge in [0.25, 0.3) is 5.91 Å². The van der Waals surface area contributed by atoms with E-state index in [0.29, 0.717) is 18.9 Å². The molecule has 0 bridgehead atoms. The van der Waals surface area contributed by atoms with Crippen molar-refractivity contribution in [1.82, 2.24) is 19.8 Å². The van der Waals surface area contributed by atoms with E-state index >= 15 is 0 Å². The number of aliphatic hydroxyl groups excluding tert-OH is 1. The summed E-state index contributed by atoms with van der Waals surface area (Å²) in [6.07, 6.45) is 2.65. The zero-order valence-corrected chi connectivity index (χ0v) is 21.8. The molecule has 2 heterocycles. The molecule has 37 heavy (non-hydrogen) atoms. The van der Waals surface area contributed by atoms with Crippen molar-refractivity contribution in [1.29, 1.82) is 0 Å². The number of amides is 1. The smallest absolute Gasteiger partial charge is 0.251 e. The predicted molar refractivity (Wildman–Crippen MR) is 139 cm³/mol. The van der Waals surface area contributed by atoms with Gasteiger partial charge >= 0.3 is 0 Å². The fraction of sp³-hybridized carbons (Fsp3) is 0.414. The summed E-state index contributed by atoms with van der Waals surface area (Å²) >= 11 is 0. The summed E-state index contributed by atoms with van der Waals surface area (Å²) in [5.74, 6) is -0.862. The summed E-state index contributed by atoms with van der Waals surface area (Å²) < 4.78 is 30.8. The lowest BCUT2D eigenvalue weighted by Crippen LogP contribution is -2.48. The number of carbonyl (C=O) groups is 1. The number of aromatic nitrogens is 2. The fourth-order valence-electron chi connectivity index (χ4n) is 4.93. The Morgan fingerprint density at radius 1 is 1.22 bits per heavy atom. The van der Waals surface area contributed by atoms with E-state index in [0.717, 1.165) is 36.9 Å². The lowest BCUT2D eigenvalue weighted by Gasteiger charge is -2.41. The average Bonchev–Trinajstić information content (AvgIpc) is 3.50. The number of nitrogens with zero attached hydrogens (tertiary/aromatic N) is 3. The third-order valence-corrected chi connectivity index (χ3v) is 6.66. The van der Waals surface area contributed by atoms with E-state index < -0.39 is 35.1 Å². The zero-order valence-electron chi connectivity index (χ0n) is 21.8. The minimum Gasteiger partial charge on any atom is -0.384 e. The number of halogens is 2. The van der Waals surface area contributed by atoms with Crippen LogP contribution < -0.4 is 5.32 Å². The van der Waals surface area contributed by atoms with Crippen LogP contribution in [0, 0.1) is 29.4 Å². The van der Waals surface area contributed by atoms with Crippen molar-refractivity contribution in [2.75, 3.05) is 19.6 Å². The highest BCUT2D eigenvalue weighted by Crippen LogP contribution is 2.40. The molecule has 1 amide bonds. The number of hydrogen-bond acceptors (Lipinski definition) is 4. The third kappa shape index (κ3) is 6.25. The largest absolute Gasteiger partial charge is 0.384 e. The van der Waals surface area contributed by atoms with E-state index in [2.05, 4.69) is 11.7 Å². The molecule has 0 unspecified atom stereocenters. The number of hydrogen-bond donors (Lipinski definition) is 2. The number of carbonyl (C=O) groups excluding carboxylic acids is 1. The van der Waals surface area contributed by atoms with Crippen LogP contribution in [-0.2, 0) is 11.3 Å². The highest BCUT2D eigenvalue weighted by molar-refractivity contribution is 5.80. The van der Waals surface area contributed by atoms with Crippen LogP contribution in [0.4, 0.5) is 8.78 Å². The first-order valence-corrected chi connectivity index (χ1v) is 12.6. The van der Waals surface area contributed by atoms with Crippen LogP contribution in [0.2, 0.25) is 0 Å². The molecule has 0 aliphatic carbocycles. The van der Waals surface area contributed by atoms with Crippen LogP contribution in [0.15, 0.2) is 54.7 Å². The summed E-state index contributed by atoms with van der Waals surface area (Å²) in [6, 6.07) is 12.5. The quantitative estimate of drug-likeness (QED) is 0.466. The van der Waals surface area contributed by atoms with Gasteiger partial charge < -0.3 is 19.9 Å². The van der Waals surface area contributed by atoms with Crippen molar-refractivity contribution in [2.24, 2.45) is 11.3 Å². The van der Waals surface area contributed by atoms with E-state index in [1.165, 1.54) is 6.92 Å². The van der Waals surface area contributed by atoms with Gasteiger partial charge in [0.15, 0.2) is 0 Å². The summed E-state index contributed by atoms with van der Waals surface area (Å²) in [5, 5.41) is 13.6. The van der Waals surface area contributed by atoms with Crippen LogP contribution in [0.1, 0.15) is 45.1 Å². The van der Waals surface area contributed by atoms with Crippen LogP contribution in [0.5, 0.6) is 0 Å². The molecule has 1 aromatic heterocycles. The second-order valence-corrected chi connectivity index (χ2v) is 10.8. The van der Waals surface area contributed by atoms with Gasteiger partial charge in [0.05, 0.1) is 11.7 Å². The number of benzene rings is 2. The number of rotatable bonds is 8. The van der Waals surface area contributed by atoms with Gasteiger partial charge in [-0.15, -0.1) is 0 Å². The van der Waals surface area contributed by atoms with Crippen molar-refractivity contribution in [2.45, 2.75) is 46.4 Å². The second kappa shape index (κ2) is 11.1. The minimum absolute atomic E-state index is 0.0578. The van der Waals surface area contributed by atoms with Crippen molar-refractivity contribution < 1.29 is 18.7 Å². The molecule has 197 valence electrons. The summed E-state index contributed by atoms with van der Waals surface area (Å²) in [4.78, 5) is 20.0. The Kier molecular flexibility index (Phi) is 8.09. The Morgan fingerprint density at radius 2 is 1.95 bits per heavy atom. The Hall–Kier alpha value is -3.10. The molecule has 3 aromatic rings. The average molecular weight is 510 g/mol. The van der Waals surface area contributed by atoms with Gasteiger partial charge in [-0.3, -0.25) is 4.79 Å². The van der Waals surface area contributed by atoms with Gasteiger partial charge in [-0.05, 0) is 61.5 Å². The molecule has 1 aliphatic heterocycles. The van der Waals surface area contributed by atoms with E-state index in [-0.39, 0.29) is 17.2 Å². The minimum atomic E-state index is -1.20. The first-order chi connectivity index (χ1) is 17.5. The fourth-order valence-corrected chi connectivity index (χ4v) is 4.93. The molecule has 6 nitrogen and oxygen atoms in total. The standard InChI is InChI=1S/C29H35F2N4O2/c1-19(36)28(37)35(17-21-12-13-32-15-21)26(29(2,3)4)27-33-25(23-14-22(30)10-11-24(23)31)18-34(27)16-20-8-6-5-7-9-20/h5-12,14,18-19,21,26,32,36H,13,15-17H2,1-4H3/t19-,21-,26-/m0/s1. The molecule has 0 spiro atoms. The lowest BCUT2D eigenvalue weighted by atomic mass is 9.84. The lowest BCUT2D eigenvalue weighted by molar-refractivity contribution is -0.145. The molecule has 2 N–H and O–H groups in total. The van der Waals surface area contributed by atoms with Gasteiger partial charge in [0, 0.05) is 24.8 Å². The Bertz CT molecular complexity index is 1210. The van der Waals surface area contributed by atoms with E-state index in [4.69, 9.17) is 4.98 Å². The molecule has 1 aliphatic rings. The maximum atomic E-state index is 14.8. The van der Waals surface area contributed by atoms with Gasteiger partial charge in [-0.2, -0.15) is 0 Å². The summed E-state index contributed by atoms with van der Waals surface area (Å²) in [7, 11) is 0. The topological polar surface area (TPSA) is 70.4 Å². The summed E-state index contributed by atoms with van der Waals surface area (Å²) in [5.41, 5.74) is 0.855. The van der Waals surface area contributed by atoms with Crippen molar-refractivity contribution in [3.63, 3.8) is 0 Å². The van der Waals surface area contributed by atoms with E-state index in [1.54, 1.807) is 11.1 Å². The van der Waals surface area contributed by atoms with Gasteiger partial charge in [-0.1, -0.05) is 51.1 Å². The molecular weight excluding hydrogens is 474 g/mol. The third-order valence-electron chi connectivity index (χ3n) is 6.66. The number of nitrogens with one attached hydrogen (secondary N) is 1. The molecule has 4 rings (SSSR count). The van der Waals surface area contributed by atoms with Crippen LogP contribution in [-0.4, -0.2) is 51.2 Å². The Labute approximate surface area is 217 Å². The van der Waals surface area contributed by atoms with Crippen LogP contribution in [0.25, 0.3) is 11.3 Å². The second-order valence-electron chi connectivity index (χ2n) is 10.8. The SMILES string of the molecule is C[C@H](O)C(=O)N(C[C@H]1[CH]CNC1)[C@@H](c1nc(-c2cc(F)ccc2F)cn1Cc1ccccc1)C(C)(C)C. The highest BCUT2D eigenvalue weighted by atomic mass is 19.1. The molecule has 8 heteroatoms. The normalized spacial score (nSPS) is 17.5. The van der Waals surface area contributed by atoms with Crippen LogP contribution in [0.3, 0.4) is 0 Å². The molecule has 1 radical (unpaired) electrons. The summed E-state index contributed by atoms with van der Waals surface area (Å²) in [6.45, 7) is 9.84. The number of aliphatic hydroxyl groups is 1. The van der Waals surface area contributed by atoms with Gasteiger partial charge in [-0.25, -0.2) is 13.8 Å². The van der Waals surface area contributed by atoms with Crippen molar-refractivity contribution in [3.8, 4) is 11.3 Å². The zero-order chi connectivity index (χ0) is 26.7. The molecule has 2 aromatic carbocycles. The first-order valence-electron chi connectivity index (χ1n) is 12.6. The molecular formula is C29H35F2N4O2. The Morgan fingerprint density at radius 3 is 2.57 bits per heavy atom. The molecule has 1 fully saturated rings. The monoisotopic (exact) mass is 509 g/mol. The molecule has 3 atom stereocenters. The van der Waals surface area contributed by atoms with Gasteiger partial charge in [0.1, 0.15) is 23.6 Å². The number of imidazole rings is 1. The van der Waals surface area contributed by atoms with Crippen molar-refractivity contribution >= 4 is 5.91 Å². The van der Waals surface area contributed by atoms with E-state index in [9.17, 15) is 18.7 Å². The van der Waals surface area contributed by atoms with Gasteiger partial charge in [0.2, 0.25) is 0 Å². The predicted octanol–water partition coefficient (Wildman–Crippen LogP) is 4.60. The molecule has 1 saturated heterocycles. The maximum Gasteiger partial charge on any atom is 0.251 e.